The number of ether oxygens (including phenoxy) is 2. The van der Waals surface area contributed by atoms with Gasteiger partial charge in [-0.25, -0.2) is 0 Å². The van der Waals surface area contributed by atoms with E-state index < -0.39 is 0 Å². The van der Waals surface area contributed by atoms with Crippen molar-refractivity contribution in [2.24, 2.45) is 0 Å². The van der Waals surface area contributed by atoms with Crippen LogP contribution in [-0.4, -0.2) is 7.11 Å². The fraction of sp³-hybridized carbons (Fsp3) is 0.0870. The molecule has 3 nitrogen and oxygen atoms in total. The highest BCUT2D eigenvalue weighted by atomic mass is 79.9. The fourth-order valence-electron chi connectivity index (χ4n) is 2.73. The van der Waals surface area contributed by atoms with Gasteiger partial charge in [0.25, 0.3) is 0 Å². The van der Waals surface area contributed by atoms with Gasteiger partial charge in [0, 0.05) is 15.6 Å². The Kier molecular flexibility index (Phi) is 7.22. The van der Waals surface area contributed by atoms with Crippen LogP contribution in [0.2, 0.25) is 10.0 Å². The number of hydrogen-bond donors (Lipinski definition) is 0. The van der Waals surface area contributed by atoms with Gasteiger partial charge in [0.2, 0.25) is 0 Å². The van der Waals surface area contributed by atoms with Gasteiger partial charge in [-0.1, -0.05) is 53.5 Å². The number of nitriles is 1. The van der Waals surface area contributed by atoms with Crippen LogP contribution in [0.25, 0.3) is 11.6 Å². The van der Waals surface area contributed by atoms with Gasteiger partial charge in [-0.2, -0.15) is 5.26 Å². The SMILES string of the molecule is COc1cc(/C=C(/C#N)c2cccc(Cl)c2)cc(Br)c1OCc1ccccc1Cl. The Labute approximate surface area is 188 Å². The summed E-state index contributed by atoms with van der Waals surface area (Å²) in [5.41, 5.74) is 2.90. The molecular formula is C23H16BrCl2NO2. The third-order valence-electron chi connectivity index (χ3n) is 4.15. The van der Waals surface area contributed by atoms with Gasteiger partial charge >= 0.3 is 0 Å². The molecule has 0 spiro atoms. The molecule has 0 radical (unpaired) electrons. The summed E-state index contributed by atoms with van der Waals surface area (Å²) in [6.45, 7) is 0.301. The number of halogens is 3. The summed E-state index contributed by atoms with van der Waals surface area (Å²) in [5.74, 6) is 1.10. The van der Waals surface area contributed by atoms with Crippen LogP contribution in [0.15, 0.2) is 65.1 Å². The number of methoxy groups -OCH3 is 1. The topological polar surface area (TPSA) is 42.2 Å². The van der Waals surface area contributed by atoms with E-state index in [1.165, 1.54) is 0 Å². The molecule has 0 atom stereocenters. The molecule has 0 amide bonds. The first kappa shape index (κ1) is 21.3. The molecule has 0 saturated heterocycles. The Morgan fingerprint density at radius 1 is 1.10 bits per heavy atom. The first-order valence-electron chi connectivity index (χ1n) is 8.63. The van der Waals surface area contributed by atoms with E-state index in [1.807, 2.05) is 48.5 Å². The third kappa shape index (κ3) is 5.33. The molecular weight excluding hydrogens is 473 g/mol. The molecule has 0 bridgehead atoms. The second-order valence-corrected chi connectivity index (χ2v) is 7.79. The highest BCUT2D eigenvalue weighted by Crippen LogP contribution is 2.38. The molecule has 0 heterocycles. The van der Waals surface area contributed by atoms with E-state index in [1.54, 1.807) is 25.3 Å². The van der Waals surface area contributed by atoms with Crippen LogP contribution in [0, 0.1) is 11.3 Å². The molecule has 0 aliphatic carbocycles. The van der Waals surface area contributed by atoms with Crippen LogP contribution < -0.4 is 9.47 Å². The van der Waals surface area contributed by atoms with Crippen molar-refractivity contribution in [2.45, 2.75) is 6.61 Å². The molecule has 0 unspecified atom stereocenters. The van der Waals surface area contributed by atoms with Crippen LogP contribution in [0.5, 0.6) is 11.5 Å². The van der Waals surface area contributed by atoms with Gasteiger partial charge in [-0.3, -0.25) is 0 Å². The van der Waals surface area contributed by atoms with Gasteiger partial charge in [-0.15, -0.1) is 0 Å². The average molecular weight is 489 g/mol. The van der Waals surface area contributed by atoms with Crippen molar-refractivity contribution in [3.05, 3.63) is 91.9 Å². The van der Waals surface area contributed by atoms with Crippen LogP contribution in [0.4, 0.5) is 0 Å². The minimum Gasteiger partial charge on any atom is -0.493 e. The van der Waals surface area contributed by atoms with E-state index in [4.69, 9.17) is 32.7 Å². The van der Waals surface area contributed by atoms with Crippen LogP contribution in [-0.2, 0) is 6.61 Å². The predicted molar refractivity (Wildman–Crippen MR) is 121 cm³/mol. The van der Waals surface area contributed by atoms with Crippen LogP contribution in [0.3, 0.4) is 0 Å². The molecule has 0 aliphatic heterocycles. The smallest absolute Gasteiger partial charge is 0.175 e. The van der Waals surface area contributed by atoms with Gasteiger partial charge in [-0.05, 0) is 63.5 Å². The van der Waals surface area contributed by atoms with Crippen LogP contribution in [0.1, 0.15) is 16.7 Å². The molecule has 0 N–H and O–H groups in total. The van der Waals surface area contributed by atoms with Gasteiger partial charge in [0.15, 0.2) is 11.5 Å². The van der Waals surface area contributed by atoms with E-state index in [2.05, 4.69) is 22.0 Å². The highest BCUT2D eigenvalue weighted by Gasteiger charge is 2.13. The lowest BCUT2D eigenvalue weighted by molar-refractivity contribution is 0.282. The normalized spacial score (nSPS) is 11.1. The standard InChI is InChI=1S/C23H16BrCl2NO2/c1-28-22-11-15(9-18(13-27)16-6-4-7-19(25)12-16)10-20(24)23(22)29-14-17-5-2-3-8-21(17)26/h2-12H,14H2,1H3/b18-9-. The molecule has 0 fully saturated rings. The number of allylic oxidation sites excluding steroid dienone is 1. The van der Waals surface area contributed by atoms with Crippen molar-refractivity contribution in [3.63, 3.8) is 0 Å². The zero-order valence-corrected chi connectivity index (χ0v) is 18.6. The molecule has 3 rings (SSSR count). The van der Waals surface area contributed by atoms with Crippen molar-refractivity contribution in [2.75, 3.05) is 7.11 Å². The highest BCUT2D eigenvalue weighted by molar-refractivity contribution is 9.10. The zero-order valence-electron chi connectivity index (χ0n) is 15.5. The quantitative estimate of drug-likeness (QED) is 0.268. The van der Waals surface area contributed by atoms with E-state index in [0.29, 0.717) is 38.2 Å². The second-order valence-electron chi connectivity index (χ2n) is 6.09. The maximum Gasteiger partial charge on any atom is 0.175 e. The maximum atomic E-state index is 9.58. The number of benzene rings is 3. The Morgan fingerprint density at radius 3 is 2.59 bits per heavy atom. The summed E-state index contributed by atoms with van der Waals surface area (Å²) in [6.07, 6.45) is 1.77. The molecule has 0 aliphatic rings. The summed E-state index contributed by atoms with van der Waals surface area (Å²) in [7, 11) is 1.57. The molecule has 3 aromatic rings. The van der Waals surface area contributed by atoms with E-state index >= 15 is 0 Å². The maximum absolute atomic E-state index is 9.58. The minimum atomic E-state index is 0.301. The molecule has 6 heteroatoms. The second kappa shape index (κ2) is 9.84. The lowest BCUT2D eigenvalue weighted by Crippen LogP contribution is -1.99. The first-order chi connectivity index (χ1) is 14.0. The lowest BCUT2D eigenvalue weighted by Gasteiger charge is -2.14. The van der Waals surface area contributed by atoms with E-state index in [9.17, 15) is 5.26 Å². The predicted octanol–water partition coefficient (Wildman–Crippen LogP) is 7.41. The lowest BCUT2D eigenvalue weighted by atomic mass is 10.0. The zero-order chi connectivity index (χ0) is 20.8. The fourth-order valence-corrected chi connectivity index (χ4v) is 3.69. The summed E-state index contributed by atoms with van der Waals surface area (Å²) in [4.78, 5) is 0. The van der Waals surface area contributed by atoms with Crippen molar-refractivity contribution < 1.29 is 9.47 Å². The Balaban J connectivity index is 1.91. The van der Waals surface area contributed by atoms with Crippen molar-refractivity contribution in [3.8, 4) is 17.6 Å². The number of hydrogen-bond acceptors (Lipinski definition) is 3. The largest absolute Gasteiger partial charge is 0.493 e. The van der Waals surface area contributed by atoms with Crippen molar-refractivity contribution >= 4 is 50.8 Å². The molecule has 3 aromatic carbocycles. The Morgan fingerprint density at radius 2 is 1.90 bits per heavy atom. The monoisotopic (exact) mass is 487 g/mol. The summed E-state index contributed by atoms with van der Waals surface area (Å²) in [5, 5.41) is 10.8. The third-order valence-corrected chi connectivity index (χ3v) is 5.34. The number of rotatable bonds is 6. The minimum absolute atomic E-state index is 0.301. The Bertz CT molecular complexity index is 1110. The number of nitrogens with zero attached hydrogens (tertiary/aromatic N) is 1. The molecule has 0 aromatic heterocycles. The first-order valence-corrected chi connectivity index (χ1v) is 10.2. The average Bonchev–Trinajstić information content (AvgIpc) is 2.72. The molecule has 146 valence electrons. The molecule has 29 heavy (non-hydrogen) atoms. The summed E-state index contributed by atoms with van der Waals surface area (Å²) < 4.78 is 12.2. The van der Waals surface area contributed by atoms with Crippen molar-refractivity contribution in [1.82, 2.24) is 0 Å². The van der Waals surface area contributed by atoms with Crippen LogP contribution >= 0.6 is 39.1 Å². The summed E-state index contributed by atoms with van der Waals surface area (Å²) in [6, 6.07) is 20.6. The van der Waals surface area contributed by atoms with Gasteiger partial charge in [0.1, 0.15) is 6.61 Å². The van der Waals surface area contributed by atoms with E-state index in [-0.39, 0.29) is 0 Å². The van der Waals surface area contributed by atoms with E-state index in [0.717, 1.165) is 16.7 Å². The molecule has 0 saturated carbocycles. The summed E-state index contributed by atoms with van der Waals surface area (Å²) >= 11 is 15.8. The van der Waals surface area contributed by atoms with Crippen molar-refractivity contribution in [1.29, 1.82) is 5.26 Å². The Hall–Kier alpha value is -2.45. The van der Waals surface area contributed by atoms with Gasteiger partial charge < -0.3 is 9.47 Å². The van der Waals surface area contributed by atoms with Gasteiger partial charge in [0.05, 0.1) is 23.2 Å².